The molecule has 0 aromatic heterocycles. The summed E-state index contributed by atoms with van der Waals surface area (Å²) in [6, 6.07) is 0. The molecule has 0 aromatic carbocycles. The van der Waals surface area contributed by atoms with E-state index in [1.165, 1.54) is 0 Å². The first kappa shape index (κ1) is 10.2. The Morgan fingerprint density at radius 2 is 2.08 bits per heavy atom. The fourth-order valence-electron chi connectivity index (χ4n) is 1.90. The summed E-state index contributed by atoms with van der Waals surface area (Å²) < 4.78 is 0. The number of Topliss-reactive ketones (excluding diaryl/α,β-unsaturated/α-hetero) is 1. The minimum absolute atomic E-state index is 0.0627. The zero-order valence-electron chi connectivity index (χ0n) is 8.54. The average molecular weight is 183 g/mol. The molecule has 0 saturated heterocycles. The number of hydrogen-bond acceptors (Lipinski definition) is 2. The molecular formula is C10H17NO2. The van der Waals surface area contributed by atoms with Crippen molar-refractivity contribution in [2.45, 2.75) is 26.2 Å². The fraction of sp³-hybridized carbons (Fsp3) is 0.800. The molecule has 2 unspecified atom stereocenters. The molecule has 1 aliphatic carbocycles. The maximum absolute atomic E-state index is 11.6. The maximum atomic E-state index is 11.6. The summed E-state index contributed by atoms with van der Waals surface area (Å²) in [6.45, 7) is 1.99. The predicted molar refractivity (Wildman–Crippen MR) is 50.2 cm³/mol. The first-order chi connectivity index (χ1) is 6.02. The second-order valence-corrected chi connectivity index (χ2v) is 4.10. The molecule has 0 bridgehead atoms. The van der Waals surface area contributed by atoms with Crippen LogP contribution in [-0.2, 0) is 9.59 Å². The quantitative estimate of drug-likeness (QED) is 0.610. The molecular weight excluding hydrogens is 166 g/mol. The lowest BCUT2D eigenvalue weighted by molar-refractivity contribution is -0.137. The van der Waals surface area contributed by atoms with Gasteiger partial charge in [0.25, 0.3) is 0 Å². The fourth-order valence-corrected chi connectivity index (χ4v) is 1.90. The molecule has 1 aliphatic rings. The molecule has 1 amide bonds. The van der Waals surface area contributed by atoms with Crippen LogP contribution in [0.4, 0.5) is 0 Å². The Kier molecular flexibility index (Phi) is 3.07. The van der Waals surface area contributed by atoms with E-state index >= 15 is 0 Å². The van der Waals surface area contributed by atoms with Gasteiger partial charge in [0.1, 0.15) is 5.78 Å². The lowest BCUT2D eigenvalue weighted by atomic mass is 9.79. The Morgan fingerprint density at radius 3 is 2.54 bits per heavy atom. The minimum atomic E-state index is 0.0627. The Balaban J connectivity index is 2.61. The van der Waals surface area contributed by atoms with Gasteiger partial charge in [0.05, 0.1) is 0 Å². The summed E-state index contributed by atoms with van der Waals surface area (Å²) in [5.74, 6) is 0.749. The first-order valence-electron chi connectivity index (χ1n) is 4.75. The third kappa shape index (κ3) is 2.29. The Bertz CT molecular complexity index is 223. The second-order valence-electron chi connectivity index (χ2n) is 4.10. The summed E-state index contributed by atoms with van der Waals surface area (Å²) >= 11 is 0. The van der Waals surface area contributed by atoms with Gasteiger partial charge < -0.3 is 4.90 Å². The lowest BCUT2D eigenvalue weighted by Gasteiger charge is -2.28. The van der Waals surface area contributed by atoms with Gasteiger partial charge in [-0.2, -0.15) is 0 Å². The van der Waals surface area contributed by atoms with E-state index in [2.05, 4.69) is 0 Å². The van der Waals surface area contributed by atoms with Gasteiger partial charge in [0, 0.05) is 32.9 Å². The van der Waals surface area contributed by atoms with Crippen LogP contribution in [0, 0.1) is 11.8 Å². The number of amides is 1. The zero-order valence-corrected chi connectivity index (χ0v) is 8.54. The van der Waals surface area contributed by atoms with Crippen LogP contribution in [0.2, 0.25) is 0 Å². The molecule has 1 saturated carbocycles. The summed E-state index contributed by atoms with van der Waals surface area (Å²) in [4.78, 5) is 24.3. The third-order valence-electron chi connectivity index (χ3n) is 2.73. The van der Waals surface area contributed by atoms with Crippen LogP contribution < -0.4 is 0 Å². The Morgan fingerprint density at radius 1 is 1.46 bits per heavy atom. The molecule has 0 radical (unpaired) electrons. The van der Waals surface area contributed by atoms with Gasteiger partial charge >= 0.3 is 0 Å². The first-order valence-corrected chi connectivity index (χ1v) is 4.75. The van der Waals surface area contributed by atoms with Crippen molar-refractivity contribution < 1.29 is 9.59 Å². The second kappa shape index (κ2) is 3.90. The van der Waals surface area contributed by atoms with Crippen molar-refractivity contribution in [2.75, 3.05) is 14.1 Å². The van der Waals surface area contributed by atoms with Gasteiger partial charge in [-0.25, -0.2) is 0 Å². The van der Waals surface area contributed by atoms with Crippen molar-refractivity contribution in [1.82, 2.24) is 4.90 Å². The van der Waals surface area contributed by atoms with Gasteiger partial charge in [-0.3, -0.25) is 9.59 Å². The van der Waals surface area contributed by atoms with Crippen LogP contribution in [0.1, 0.15) is 26.2 Å². The van der Waals surface area contributed by atoms with E-state index in [9.17, 15) is 9.59 Å². The molecule has 0 spiro atoms. The highest BCUT2D eigenvalue weighted by Crippen LogP contribution is 2.28. The molecule has 1 rings (SSSR count). The highest BCUT2D eigenvalue weighted by Gasteiger charge is 2.31. The molecule has 1 fully saturated rings. The Hall–Kier alpha value is -0.860. The maximum Gasteiger partial charge on any atom is 0.225 e. The van der Waals surface area contributed by atoms with Gasteiger partial charge in [-0.05, 0) is 12.3 Å². The van der Waals surface area contributed by atoms with Crippen LogP contribution in [0.3, 0.4) is 0 Å². The van der Waals surface area contributed by atoms with Crippen molar-refractivity contribution in [3.8, 4) is 0 Å². The number of hydrogen-bond donors (Lipinski definition) is 0. The molecule has 0 N–H and O–H groups in total. The van der Waals surface area contributed by atoms with E-state index in [1.54, 1.807) is 19.0 Å². The van der Waals surface area contributed by atoms with Crippen LogP contribution in [-0.4, -0.2) is 30.7 Å². The van der Waals surface area contributed by atoms with Crippen molar-refractivity contribution in [3.05, 3.63) is 0 Å². The number of carbonyl (C=O) groups is 2. The number of nitrogens with zero attached hydrogens (tertiary/aromatic N) is 1. The smallest absolute Gasteiger partial charge is 0.225 e. The Labute approximate surface area is 79.1 Å². The summed E-state index contributed by atoms with van der Waals surface area (Å²) in [5, 5.41) is 0. The van der Waals surface area contributed by atoms with Crippen molar-refractivity contribution >= 4 is 11.7 Å². The van der Waals surface area contributed by atoms with Gasteiger partial charge in [-0.15, -0.1) is 0 Å². The molecule has 0 aromatic rings. The van der Waals surface area contributed by atoms with Gasteiger partial charge in [0.15, 0.2) is 0 Å². The molecule has 74 valence electrons. The highest BCUT2D eigenvalue weighted by atomic mass is 16.2. The summed E-state index contributed by atoms with van der Waals surface area (Å²) in [7, 11) is 3.54. The molecule has 3 heteroatoms. The normalized spacial score (nSPS) is 28.7. The minimum Gasteiger partial charge on any atom is -0.349 e. The van der Waals surface area contributed by atoms with E-state index in [0.29, 0.717) is 18.6 Å². The van der Waals surface area contributed by atoms with E-state index < -0.39 is 0 Å². The lowest BCUT2D eigenvalue weighted by Crippen LogP contribution is -2.36. The van der Waals surface area contributed by atoms with Crippen molar-refractivity contribution in [1.29, 1.82) is 0 Å². The number of rotatable bonds is 1. The molecule has 0 heterocycles. The average Bonchev–Trinajstić information content (AvgIpc) is 2.03. The van der Waals surface area contributed by atoms with E-state index in [-0.39, 0.29) is 17.7 Å². The molecule has 0 aliphatic heterocycles. The van der Waals surface area contributed by atoms with Crippen LogP contribution in [0.5, 0.6) is 0 Å². The van der Waals surface area contributed by atoms with Crippen molar-refractivity contribution in [2.24, 2.45) is 11.8 Å². The van der Waals surface area contributed by atoms with Crippen LogP contribution in [0.15, 0.2) is 0 Å². The predicted octanol–water partition coefficient (Wildman–Crippen LogP) is 1.08. The highest BCUT2D eigenvalue weighted by molar-refractivity contribution is 5.84. The largest absolute Gasteiger partial charge is 0.349 e. The number of carbonyl (C=O) groups excluding carboxylic acids is 2. The van der Waals surface area contributed by atoms with E-state index in [0.717, 1.165) is 6.42 Å². The molecule has 2 atom stereocenters. The summed E-state index contributed by atoms with van der Waals surface area (Å²) in [6.07, 6.45) is 1.88. The monoisotopic (exact) mass is 183 g/mol. The number of ketones is 1. The topological polar surface area (TPSA) is 37.4 Å². The van der Waals surface area contributed by atoms with Crippen molar-refractivity contribution in [3.63, 3.8) is 0 Å². The summed E-state index contributed by atoms with van der Waals surface area (Å²) in [5.41, 5.74) is 0. The zero-order chi connectivity index (χ0) is 10.0. The van der Waals surface area contributed by atoms with E-state index in [4.69, 9.17) is 0 Å². The molecule has 3 nitrogen and oxygen atoms in total. The molecule has 13 heavy (non-hydrogen) atoms. The van der Waals surface area contributed by atoms with Crippen LogP contribution >= 0.6 is 0 Å². The third-order valence-corrected chi connectivity index (χ3v) is 2.73. The van der Waals surface area contributed by atoms with Gasteiger partial charge in [0.2, 0.25) is 5.91 Å². The van der Waals surface area contributed by atoms with Gasteiger partial charge in [-0.1, -0.05) is 6.92 Å². The van der Waals surface area contributed by atoms with E-state index in [1.807, 2.05) is 6.92 Å². The van der Waals surface area contributed by atoms with Crippen LogP contribution in [0.25, 0.3) is 0 Å². The standard InChI is InChI=1S/C10H17NO2/c1-7-6-8(12)4-5-9(7)10(13)11(2)3/h7,9H,4-6H2,1-3H3. The SMILES string of the molecule is CC1CC(=O)CCC1C(=O)N(C)C.